The number of para-hydroxylation sites is 12. The minimum Gasteiger partial charge on any atom is -0.309 e. The topological polar surface area (TPSA) is 61.8 Å². The number of fused-ring (bicyclic) bond motifs is 39. The van der Waals surface area contributed by atoms with Crippen molar-refractivity contribution in [3.63, 3.8) is 0 Å². The van der Waals surface area contributed by atoms with E-state index in [0.717, 1.165) is 61.4 Å². The molecule has 0 saturated carbocycles. The van der Waals surface area contributed by atoms with Gasteiger partial charge in [0.15, 0.2) is 0 Å². The van der Waals surface area contributed by atoms with Crippen LogP contribution in [-0.2, 0) is 0 Å². The fourth-order valence-corrected chi connectivity index (χ4v) is 22.3. The maximum absolute atomic E-state index is 5.21. The summed E-state index contributed by atoms with van der Waals surface area (Å²) in [5, 5.41) is 28.5. The normalized spacial score (nSPS) is 12.1. The summed E-state index contributed by atoms with van der Waals surface area (Å²) in [6.45, 7) is 0. The summed E-state index contributed by atoms with van der Waals surface area (Å²) in [6.07, 6.45) is 0. The molecule has 0 fully saturated rings. The molecule has 8 heteroatoms. The summed E-state index contributed by atoms with van der Waals surface area (Å²) < 4.78 is 11.8. The minimum absolute atomic E-state index is 1.00. The van der Waals surface area contributed by atoms with Crippen LogP contribution in [0.3, 0.4) is 0 Å². The highest BCUT2D eigenvalue weighted by Crippen LogP contribution is 2.48. The van der Waals surface area contributed by atoms with Crippen molar-refractivity contribution >= 4 is 213 Å². The zero-order chi connectivity index (χ0) is 87.0. The molecule has 0 spiro atoms. The van der Waals surface area contributed by atoms with Crippen LogP contribution in [0, 0.1) is 0 Å². The quantitative estimate of drug-likeness (QED) is 0.156. The highest BCUT2D eigenvalue weighted by Gasteiger charge is 2.25. The van der Waals surface area contributed by atoms with Crippen LogP contribution in [0.2, 0.25) is 0 Å². The Balaban J connectivity index is 0.0000000999. The molecule has 30 rings (SSSR count). The molecule has 0 saturated heterocycles. The summed E-state index contributed by atoms with van der Waals surface area (Å²) in [5.74, 6) is 0. The van der Waals surface area contributed by atoms with Crippen LogP contribution in [0.15, 0.2) is 461 Å². The Kier molecular flexibility index (Phi) is 16.4. The van der Waals surface area contributed by atoms with Crippen molar-refractivity contribution in [2.24, 2.45) is 0 Å². The molecular weight excluding hydrogens is 1610 g/mol. The summed E-state index contributed by atoms with van der Waals surface area (Å²) in [5.41, 5.74) is 29.9. The molecule has 8 heterocycles. The Hall–Kier alpha value is -17.9. The zero-order valence-electron chi connectivity index (χ0n) is 72.0. The van der Waals surface area contributed by atoms with Gasteiger partial charge in [-0.2, -0.15) is 0 Å². The summed E-state index contributed by atoms with van der Waals surface area (Å²) in [6, 6.07) is 167. The van der Waals surface area contributed by atoms with Gasteiger partial charge in [0.25, 0.3) is 0 Å². The molecule has 133 heavy (non-hydrogen) atoms. The number of hydrogen-bond acceptors (Lipinski definition) is 3. The number of benzene rings is 22. The van der Waals surface area contributed by atoms with Crippen LogP contribution in [0.25, 0.3) is 268 Å². The number of aromatic nitrogens is 8. The van der Waals surface area contributed by atoms with Gasteiger partial charge in [0.1, 0.15) is 16.9 Å². The van der Waals surface area contributed by atoms with Crippen molar-refractivity contribution in [1.82, 2.24) is 37.3 Å². The third kappa shape index (κ3) is 11.3. The zero-order valence-corrected chi connectivity index (χ0v) is 72.0. The van der Waals surface area contributed by atoms with Crippen LogP contribution >= 0.6 is 0 Å². The standard InChI is InChI=1S/C45H27N3.C41H25N3.C39H24N2/c1-2-12-31-28(11-1)23-26-42-43(31)35-16-6-9-19-40(35)47(42)30-24-21-29(22-25-30)36-27-37-33-14-5-8-18-39(33)48-41-20-10-7-17-38(41)46-45(48)44(37)34-15-4-3-13-32(34)36;1-2-18-32-28(14-1)33(25-34-31-17-5-9-22-38(31)44-39-23-10-6-19-35(39)42-41(44)40(32)34)26-12-11-13-27(24-26)43-36-20-7-3-15-29(36)30-16-4-8-21-37(30)43;1-2-12-28-25(10-1)11-9-16-29(28)26-20-22-27(23-21-26)33-24-34-31-14-5-7-18-36(31)41-37-19-8-6-17-35(37)40-39(41)38(34)32-15-4-3-13-30(32)33/h1-27H;1-25H;1-24H. The van der Waals surface area contributed by atoms with E-state index in [1.165, 1.54) is 207 Å². The second-order valence-electron chi connectivity index (χ2n) is 35.1. The van der Waals surface area contributed by atoms with Gasteiger partial charge in [-0.25, -0.2) is 15.0 Å². The lowest BCUT2D eigenvalue weighted by Crippen LogP contribution is -1.95. The molecule has 0 N–H and O–H groups in total. The van der Waals surface area contributed by atoms with Gasteiger partial charge in [0.05, 0.1) is 71.7 Å². The summed E-state index contributed by atoms with van der Waals surface area (Å²) in [7, 11) is 0. The summed E-state index contributed by atoms with van der Waals surface area (Å²) >= 11 is 0. The lowest BCUT2D eigenvalue weighted by atomic mass is 9.91. The number of hydrogen-bond donors (Lipinski definition) is 0. The lowest BCUT2D eigenvalue weighted by Gasteiger charge is -2.16. The molecule has 8 aromatic heterocycles. The molecule has 0 aliphatic carbocycles. The van der Waals surface area contributed by atoms with Crippen molar-refractivity contribution < 1.29 is 0 Å². The van der Waals surface area contributed by atoms with Crippen LogP contribution in [0.5, 0.6) is 0 Å². The molecule has 0 aliphatic rings. The van der Waals surface area contributed by atoms with E-state index in [-0.39, 0.29) is 0 Å². The molecule has 0 aliphatic heterocycles. The summed E-state index contributed by atoms with van der Waals surface area (Å²) in [4.78, 5) is 15.6. The number of imidazole rings is 3. The Morgan fingerprint density at radius 1 is 0.143 bits per heavy atom. The second-order valence-corrected chi connectivity index (χ2v) is 35.1. The number of pyridine rings is 3. The van der Waals surface area contributed by atoms with Crippen LogP contribution < -0.4 is 0 Å². The molecule has 30 aromatic rings. The first-order chi connectivity index (χ1) is 66.0. The van der Waals surface area contributed by atoms with E-state index in [1.807, 2.05) is 0 Å². The molecule has 616 valence electrons. The maximum Gasteiger partial charge on any atom is 0.147 e. The SMILES string of the molecule is c1cc(-c2cc3c4ccccc4n4c5ccccc5nc4c3c3ccccc23)cc(-n2c3ccccc3c3ccccc32)c1.c1ccc2c(-c3ccc(-c4cc5c6ccccc6n6c7ccccc7nc6c5c5ccccc45)cc3)cccc2c1.c1ccc2c(c1)ccc1c2c2ccccc2n1-c1ccc(-c2cc3c4ccccc4n4c5ccccc5nc4c3c3ccccc23)cc1. The van der Waals surface area contributed by atoms with E-state index in [4.69, 9.17) is 15.0 Å². The van der Waals surface area contributed by atoms with Gasteiger partial charge in [0, 0.05) is 65.2 Å². The van der Waals surface area contributed by atoms with Crippen LogP contribution in [-0.4, -0.2) is 37.3 Å². The predicted octanol–water partition coefficient (Wildman–Crippen LogP) is 33.0. The fourth-order valence-electron chi connectivity index (χ4n) is 22.3. The van der Waals surface area contributed by atoms with E-state index in [0.29, 0.717) is 0 Å². The van der Waals surface area contributed by atoms with E-state index in [1.54, 1.807) is 0 Å². The van der Waals surface area contributed by atoms with Gasteiger partial charge in [-0.3, -0.25) is 13.2 Å². The fraction of sp³-hybridized carbons (Fsp3) is 0. The lowest BCUT2D eigenvalue weighted by molar-refractivity contribution is 1.18. The van der Waals surface area contributed by atoms with Gasteiger partial charge < -0.3 is 9.13 Å². The highest BCUT2D eigenvalue weighted by molar-refractivity contribution is 6.30. The molecule has 0 bridgehead atoms. The van der Waals surface area contributed by atoms with Crippen molar-refractivity contribution in [2.75, 3.05) is 0 Å². The second kappa shape index (κ2) is 29.3. The largest absolute Gasteiger partial charge is 0.309 e. The van der Waals surface area contributed by atoms with E-state index >= 15 is 0 Å². The van der Waals surface area contributed by atoms with Gasteiger partial charge in [-0.15, -0.1) is 0 Å². The van der Waals surface area contributed by atoms with Crippen molar-refractivity contribution in [3.05, 3.63) is 461 Å². The molecular formula is C125H76N8. The third-order valence-corrected chi connectivity index (χ3v) is 28.1. The number of rotatable bonds is 6. The smallest absolute Gasteiger partial charge is 0.147 e. The molecule has 0 unspecified atom stereocenters. The predicted molar refractivity (Wildman–Crippen MR) is 561 cm³/mol. The van der Waals surface area contributed by atoms with Gasteiger partial charge in [-0.05, 0) is 236 Å². The van der Waals surface area contributed by atoms with Crippen molar-refractivity contribution in [1.29, 1.82) is 0 Å². The van der Waals surface area contributed by atoms with Gasteiger partial charge in [-0.1, -0.05) is 340 Å². The van der Waals surface area contributed by atoms with Crippen molar-refractivity contribution in [3.8, 4) is 55.9 Å². The van der Waals surface area contributed by atoms with Crippen LogP contribution in [0.1, 0.15) is 0 Å². The average molecular weight is 1690 g/mol. The molecule has 0 atom stereocenters. The molecule has 0 amide bonds. The molecule has 0 radical (unpaired) electrons. The Morgan fingerprint density at radius 2 is 0.444 bits per heavy atom. The van der Waals surface area contributed by atoms with Gasteiger partial charge in [0.2, 0.25) is 0 Å². The van der Waals surface area contributed by atoms with E-state index in [2.05, 4.69) is 483 Å². The highest BCUT2D eigenvalue weighted by atomic mass is 15.0. The first-order valence-corrected chi connectivity index (χ1v) is 45.6. The van der Waals surface area contributed by atoms with Gasteiger partial charge >= 0.3 is 0 Å². The average Bonchev–Trinajstić information content (AvgIpc) is 1.68. The van der Waals surface area contributed by atoms with E-state index < -0.39 is 0 Å². The molecule has 22 aromatic carbocycles. The Morgan fingerprint density at radius 3 is 0.887 bits per heavy atom. The minimum atomic E-state index is 1.00. The third-order valence-electron chi connectivity index (χ3n) is 28.1. The first-order valence-electron chi connectivity index (χ1n) is 45.6. The molecule has 8 nitrogen and oxygen atoms in total. The monoisotopic (exact) mass is 1690 g/mol. The van der Waals surface area contributed by atoms with E-state index in [9.17, 15) is 0 Å². The van der Waals surface area contributed by atoms with Crippen LogP contribution in [0.4, 0.5) is 0 Å². The number of nitrogens with zero attached hydrogens (tertiary/aromatic N) is 8. The van der Waals surface area contributed by atoms with Crippen molar-refractivity contribution in [2.45, 2.75) is 0 Å². The Bertz CT molecular complexity index is 10100. The Labute approximate surface area is 761 Å². The first kappa shape index (κ1) is 74.3. The maximum atomic E-state index is 5.21.